The van der Waals surface area contributed by atoms with Crippen molar-refractivity contribution in [3.8, 4) is 0 Å². The summed E-state index contributed by atoms with van der Waals surface area (Å²) in [5, 5.41) is 5.67. The standard InChI is InChI=1S/C23H23N3O3S3/c1-26(32(28,29)23-9-5-15-30-23)14-4-8-21(27)24-18-12-10-17(11-13-18)16-22-25-19-6-2-3-7-20(19)31-22/h2-3,5-7,9-13,15H,4,8,14,16H2,1H3,(H,24,27). The second-order valence-electron chi connectivity index (χ2n) is 7.36. The molecule has 2 heterocycles. The van der Waals surface area contributed by atoms with Crippen LogP contribution in [-0.4, -0.2) is 37.2 Å². The highest BCUT2D eigenvalue weighted by Gasteiger charge is 2.21. The van der Waals surface area contributed by atoms with Gasteiger partial charge in [-0.2, -0.15) is 0 Å². The summed E-state index contributed by atoms with van der Waals surface area (Å²) in [5.41, 5.74) is 2.87. The second-order valence-corrected chi connectivity index (χ2v) is 11.7. The van der Waals surface area contributed by atoms with Crippen LogP contribution < -0.4 is 5.32 Å². The number of hydrogen-bond acceptors (Lipinski definition) is 6. The predicted octanol–water partition coefficient (Wildman–Crippen LogP) is 4.99. The van der Waals surface area contributed by atoms with Crippen molar-refractivity contribution < 1.29 is 13.2 Å². The number of carbonyl (C=O) groups excluding carboxylic acids is 1. The van der Waals surface area contributed by atoms with E-state index in [0.29, 0.717) is 10.6 Å². The number of thiazole rings is 1. The fourth-order valence-corrected chi connectivity index (χ4v) is 6.66. The molecule has 0 unspecified atom stereocenters. The Morgan fingerprint density at radius 1 is 1.06 bits per heavy atom. The van der Waals surface area contributed by atoms with Gasteiger partial charge in [-0.1, -0.05) is 30.3 Å². The van der Waals surface area contributed by atoms with Crippen LogP contribution in [0.4, 0.5) is 5.69 Å². The molecule has 2 aromatic heterocycles. The van der Waals surface area contributed by atoms with Gasteiger partial charge in [0.25, 0.3) is 10.0 Å². The Kier molecular flexibility index (Phi) is 7.00. The third-order valence-electron chi connectivity index (χ3n) is 4.97. The van der Waals surface area contributed by atoms with Crippen LogP contribution in [-0.2, 0) is 21.2 Å². The zero-order valence-electron chi connectivity index (χ0n) is 17.5. The number of nitrogens with zero attached hydrogens (tertiary/aromatic N) is 2. The topological polar surface area (TPSA) is 79.4 Å². The largest absolute Gasteiger partial charge is 0.326 e. The minimum Gasteiger partial charge on any atom is -0.326 e. The predicted molar refractivity (Wildman–Crippen MR) is 131 cm³/mol. The maximum atomic E-state index is 12.4. The van der Waals surface area contributed by atoms with Crippen LogP contribution in [0.5, 0.6) is 0 Å². The number of sulfonamides is 1. The van der Waals surface area contributed by atoms with Gasteiger partial charge in [-0.15, -0.1) is 22.7 Å². The molecule has 0 bridgehead atoms. The van der Waals surface area contributed by atoms with Crippen LogP contribution in [0.2, 0.25) is 0 Å². The van der Waals surface area contributed by atoms with E-state index in [0.717, 1.165) is 28.2 Å². The fourth-order valence-electron chi connectivity index (χ4n) is 3.25. The van der Waals surface area contributed by atoms with E-state index < -0.39 is 10.0 Å². The monoisotopic (exact) mass is 485 g/mol. The number of benzene rings is 2. The highest BCUT2D eigenvalue weighted by Crippen LogP contribution is 2.24. The zero-order chi connectivity index (χ0) is 22.6. The van der Waals surface area contributed by atoms with E-state index in [2.05, 4.69) is 16.4 Å². The average Bonchev–Trinajstić information content (AvgIpc) is 3.45. The lowest BCUT2D eigenvalue weighted by atomic mass is 10.1. The Morgan fingerprint density at radius 2 is 1.84 bits per heavy atom. The molecule has 32 heavy (non-hydrogen) atoms. The third kappa shape index (κ3) is 5.42. The SMILES string of the molecule is CN(CCCC(=O)Nc1ccc(Cc2nc3ccccc3s2)cc1)S(=O)(=O)c1cccs1. The van der Waals surface area contributed by atoms with Gasteiger partial charge in [0.15, 0.2) is 0 Å². The molecule has 0 aliphatic carbocycles. The molecule has 6 nitrogen and oxygen atoms in total. The molecular weight excluding hydrogens is 462 g/mol. The van der Waals surface area contributed by atoms with Crippen molar-refractivity contribution in [1.82, 2.24) is 9.29 Å². The summed E-state index contributed by atoms with van der Waals surface area (Å²) < 4.78 is 27.6. The summed E-state index contributed by atoms with van der Waals surface area (Å²) in [6, 6.07) is 19.1. The number of thiophene rings is 1. The molecule has 166 valence electrons. The van der Waals surface area contributed by atoms with Crippen molar-refractivity contribution in [3.63, 3.8) is 0 Å². The molecule has 0 saturated heterocycles. The van der Waals surface area contributed by atoms with Crippen LogP contribution in [0.1, 0.15) is 23.4 Å². The van der Waals surface area contributed by atoms with Crippen molar-refractivity contribution in [2.45, 2.75) is 23.5 Å². The van der Waals surface area contributed by atoms with Gasteiger partial charge in [0, 0.05) is 32.1 Å². The van der Waals surface area contributed by atoms with Crippen LogP contribution >= 0.6 is 22.7 Å². The molecule has 0 radical (unpaired) electrons. The highest BCUT2D eigenvalue weighted by atomic mass is 32.2. The second kappa shape index (κ2) is 9.91. The first-order chi connectivity index (χ1) is 15.4. The van der Waals surface area contributed by atoms with Crippen molar-refractivity contribution in [2.24, 2.45) is 0 Å². The number of rotatable bonds is 9. The van der Waals surface area contributed by atoms with Gasteiger partial charge in [-0.3, -0.25) is 4.79 Å². The number of aromatic nitrogens is 1. The Bertz CT molecular complexity index is 1260. The Balaban J connectivity index is 1.25. The van der Waals surface area contributed by atoms with E-state index in [1.807, 2.05) is 42.5 Å². The Labute approximate surface area is 195 Å². The number of carbonyl (C=O) groups is 1. The lowest BCUT2D eigenvalue weighted by Crippen LogP contribution is -2.28. The molecule has 9 heteroatoms. The first kappa shape index (κ1) is 22.6. The summed E-state index contributed by atoms with van der Waals surface area (Å²) >= 11 is 2.88. The molecule has 0 saturated carbocycles. The van der Waals surface area contributed by atoms with E-state index in [4.69, 9.17) is 0 Å². The molecule has 0 fully saturated rings. The maximum absolute atomic E-state index is 12.4. The molecule has 0 atom stereocenters. The normalized spacial score (nSPS) is 11.8. The molecule has 0 spiro atoms. The number of para-hydroxylation sites is 1. The smallest absolute Gasteiger partial charge is 0.252 e. The average molecular weight is 486 g/mol. The number of nitrogens with one attached hydrogen (secondary N) is 1. The first-order valence-electron chi connectivity index (χ1n) is 10.1. The Hall–Kier alpha value is -2.59. The summed E-state index contributed by atoms with van der Waals surface area (Å²) in [7, 11) is -1.94. The van der Waals surface area contributed by atoms with Crippen molar-refractivity contribution in [3.05, 3.63) is 76.6 Å². The quantitative estimate of drug-likeness (QED) is 0.362. The summed E-state index contributed by atoms with van der Waals surface area (Å²) in [4.78, 5) is 16.9. The van der Waals surface area contributed by atoms with Gasteiger partial charge in [0.2, 0.25) is 5.91 Å². The summed E-state index contributed by atoms with van der Waals surface area (Å²) in [6.45, 7) is 0.286. The highest BCUT2D eigenvalue weighted by molar-refractivity contribution is 7.91. The first-order valence-corrected chi connectivity index (χ1v) is 13.3. The van der Waals surface area contributed by atoms with Gasteiger partial charge >= 0.3 is 0 Å². The minimum atomic E-state index is -3.48. The molecule has 4 aromatic rings. The number of amides is 1. The maximum Gasteiger partial charge on any atom is 0.252 e. The third-order valence-corrected chi connectivity index (χ3v) is 9.23. The van der Waals surface area contributed by atoms with Gasteiger partial charge in [-0.05, 0) is 47.7 Å². The van der Waals surface area contributed by atoms with Gasteiger partial charge in [-0.25, -0.2) is 17.7 Å². The van der Waals surface area contributed by atoms with E-state index >= 15 is 0 Å². The number of anilines is 1. The van der Waals surface area contributed by atoms with Gasteiger partial charge in [0.1, 0.15) is 4.21 Å². The molecule has 2 aromatic carbocycles. The minimum absolute atomic E-state index is 0.133. The molecule has 1 N–H and O–H groups in total. The van der Waals surface area contributed by atoms with Crippen LogP contribution in [0.15, 0.2) is 70.3 Å². The van der Waals surface area contributed by atoms with Crippen LogP contribution in [0.3, 0.4) is 0 Å². The lowest BCUT2D eigenvalue weighted by molar-refractivity contribution is -0.116. The fraction of sp³-hybridized carbons (Fsp3) is 0.217. The van der Waals surface area contributed by atoms with E-state index in [1.165, 1.54) is 27.4 Å². The molecular formula is C23H23N3O3S3. The van der Waals surface area contributed by atoms with Crippen molar-refractivity contribution in [1.29, 1.82) is 0 Å². The Morgan fingerprint density at radius 3 is 2.56 bits per heavy atom. The van der Waals surface area contributed by atoms with Crippen molar-refractivity contribution in [2.75, 3.05) is 18.9 Å². The number of fused-ring (bicyclic) bond motifs is 1. The molecule has 0 aliphatic heterocycles. The van der Waals surface area contributed by atoms with E-state index in [9.17, 15) is 13.2 Å². The van der Waals surface area contributed by atoms with Gasteiger partial charge < -0.3 is 5.32 Å². The zero-order valence-corrected chi connectivity index (χ0v) is 20.0. The van der Waals surface area contributed by atoms with Gasteiger partial charge in [0.05, 0.1) is 15.2 Å². The van der Waals surface area contributed by atoms with Crippen LogP contribution in [0, 0.1) is 0 Å². The van der Waals surface area contributed by atoms with E-state index in [-0.39, 0.29) is 18.9 Å². The van der Waals surface area contributed by atoms with Crippen LogP contribution in [0.25, 0.3) is 10.2 Å². The lowest BCUT2D eigenvalue weighted by Gasteiger charge is -2.15. The molecule has 0 aliphatic rings. The van der Waals surface area contributed by atoms with Crippen molar-refractivity contribution >= 4 is 54.5 Å². The summed E-state index contributed by atoms with van der Waals surface area (Å²) in [5.74, 6) is -0.133. The summed E-state index contributed by atoms with van der Waals surface area (Å²) in [6.07, 6.45) is 1.44. The molecule has 1 amide bonds. The number of hydrogen-bond donors (Lipinski definition) is 1. The molecule has 4 rings (SSSR count). The van der Waals surface area contributed by atoms with E-state index in [1.54, 1.807) is 28.8 Å².